The number of carbonyl (C=O) groups excluding carboxylic acids is 1. The molecule has 0 saturated heterocycles. The maximum atomic E-state index is 13.1. The van der Waals surface area contributed by atoms with Gasteiger partial charge in [0.1, 0.15) is 6.61 Å². The van der Waals surface area contributed by atoms with Gasteiger partial charge in [-0.05, 0) is 49.7 Å². The van der Waals surface area contributed by atoms with Gasteiger partial charge in [-0.2, -0.15) is 18.3 Å². The minimum absolute atomic E-state index is 0.216. The second kappa shape index (κ2) is 10.6. The summed E-state index contributed by atoms with van der Waals surface area (Å²) in [6, 6.07) is 9.74. The van der Waals surface area contributed by atoms with Crippen LogP contribution in [0.1, 0.15) is 40.1 Å². The lowest BCUT2D eigenvalue weighted by molar-refractivity contribution is -0.137. The van der Waals surface area contributed by atoms with Crippen LogP contribution in [0.4, 0.5) is 13.2 Å². The number of aromatic nitrogens is 2. The second-order valence-electron chi connectivity index (χ2n) is 7.55. The Morgan fingerprint density at radius 2 is 1.88 bits per heavy atom. The van der Waals surface area contributed by atoms with Crippen molar-refractivity contribution in [2.24, 2.45) is 0 Å². The molecule has 0 aliphatic heterocycles. The van der Waals surface area contributed by atoms with Gasteiger partial charge in [0.15, 0.2) is 11.5 Å². The zero-order valence-corrected chi connectivity index (χ0v) is 19.3. The molecule has 0 spiro atoms. The van der Waals surface area contributed by atoms with Crippen LogP contribution in [0.5, 0.6) is 11.5 Å². The van der Waals surface area contributed by atoms with Crippen LogP contribution in [0.2, 0.25) is 0 Å². The summed E-state index contributed by atoms with van der Waals surface area (Å²) in [4.78, 5) is 12.9. The van der Waals surface area contributed by atoms with Crippen LogP contribution in [0.25, 0.3) is 5.69 Å². The van der Waals surface area contributed by atoms with E-state index in [9.17, 15) is 18.0 Å². The summed E-state index contributed by atoms with van der Waals surface area (Å²) in [7, 11) is 3.11. The van der Waals surface area contributed by atoms with Gasteiger partial charge in [0.2, 0.25) is 0 Å². The first-order valence-electron chi connectivity index (χ1n) is 10.5. The number of hydrogen-bond acceptors (Lipinski definition) is 5. The molecule has 10 heteroatoms. The number of hydrogen-bond donors (Lipinski definition) is 1. The minimum Gasteiger partial charge on any atom is -0.493 e. The smallest absolute Gasteiger partial charge is 0.416 e. The van der Waals surface area contributed by atoms with Crippen molar-refractivity contribution in [1.29, 1.82) is 0 Å². The number of benzene rings is 2. The van der Waals surface area contributed by atoms with E-state index in [1.54, 1.807) is 26.2 Å². The molecule has 0 radical (unpaired) electrons. The van der Waals surface area contributed by atoms with Gasteiger partial charge >= 0.3 is 6.18 Å². The summed E-state index contributed by atoms with van der Waals surface area (Å²) in [6.07, 6.45) is -3.14. The zero-order chi connectivity index (χ0) is 24.9. The fraction of sp³-hybridized carbons (Fsp3) is 0.333. The van der Waals surface area contributed by atoms with Crippen LogP contribution in [0, 0.1) is 6.92 Å². The van der Waals surface area contributed by atoms with Crippen LogP contribution >= 0.6 is 0 Å². The first kappa shape index (κ1) is 25.1. The van der Waals surface area contributed by atoms with E-state index in [1.165, 1.54) is 30.1 Å². The van der Waals surface area contributed by atoms with Gasteiger partial charge in [-0.3, -0.25) is 4.79 Å². The molecule has 0 aliphatic rings. The Labute approximate surface area is 195 Å². The van der Waals surface area contributed by atoms with Crippen LogP contribution in [0.15, 0.2) is 48.7 Å². The molecule has 7 nitrogen and oxygen atoms in total. The van der Waals surface area contributed by atoms with Crippen molar-refractivity contribution in [3.05, 3.63) is 71.0 Å². The third-order valence-corrected chi connectivity index (χ3v) is 5.25. The summed E-state index contributed by atoms with van der Waals surface area (Å²) in [5.41, 5.74) is 0.891. The number of halogens is 3. The van der Waals surface area contributed by atoms with Gasteiger partial charge in [-0.1, -0.05) is 12.1 Å². The first-order valence-corrected chi connectivity index (χ1v) is 10.5. The van der Waals surface area contributed by atoms with Crippen LogP contribution in [0.3, 0.4) is 0 Å². The predicted molar refractivity (Wildman–Crippen MR) is 120 cm³/mol. The fourth-order valence-electron chi connectivity index (χ4n) is 3.37. The van der Waals surface area contributed by atoms with E-state index < -0.39 is 17.6 Å². The summed E-state index contributed by atoms with van der Waals surface area (Å²) in [5, 5.41) is 7.01. The molecule has 3 rings (SSSR count). The van der Waals surface area contributed by atoms with E-state index >= 15 is 0 Å². The van der Waals surface area contributed by atoms with Crippen molar-refractivity contribution in [2.75, 3.05) is 27.4 Å². The molecule has 2 aromatic carbocycles. The maximum Gasteiger partial charge on any atom is 0.416 e. The highest BCUT2D eigenvalue weighted by Gasteiger charge is 2.31. The molecule has 34 heavy (non-hydrogen) atoms. The Balaban J connectivity index is 1.76. The van der Waals surface area contributed by atoms with E-state index in [4.69, 9.17) is 14.2 Å². The number of carbonyl (C=O) groups is 1. The summed E-state index contributed by atoms with van der Waals surface area (Å²) >= 11 is 0. The Bertz CT molecular complexity index is 1140. The third kappa shape index (κ3) is 5.69. The first-order chi connectivity index (χ1) is 16.2. The van der Waals surface area contributed by atoms with E-state index in [2.05, 4.69) is 10.4 Å². The molecule has 0 aliphatic carbocycles. The van der Waals surface area contributed by atoms with Crippen molar-refractivity contribution in [3.63, 3.8) is 0 Å². The standard InChI is InChI=1S/C24H26F3N3O4/c1-15(17-8-9-21(22(12-17)33-4)34-11-10-32-3)29-23(31)20-14-28-30(16(20)2)19-7-5-6-18(13-19)24(25,26)27/h5-9,12-15H,10-11H2,1-4H3,(H,29,31). The summed E-state index contributed by atoms with van der Waals surface area (Å²) < 4.78 is 56.5. The second-order valence-corrected chi connectivity index (χ2v) is 7.55. The zero-order valence-electron chi connectivity index (χ0n) is 19.3. The van der Waals surface area contributed by atoms with Crippen LogP contribution in [-0.4, -0.2) is 43.1 Å². The Kier molecular flexibility index (Phi) is 7.83. The quantitative estimate of drug-likeness (QED) is 0.452. The number of methoxy groups -OCH3 is 2. The molecule has 1 heterocycles. The highest BCUT2D eigenvalue weighted by Crippen LogP contribution is 2.32. The monoisotopic (exact) mass is 477 g/mol. The molecule has 0 fully saturated rings. The molecule has 1 atom stereocenters. The van der Waals surface area contributed by atoms with Gasteiger partial charge in [0, 0.05) is 7.11 Å². The van der Waals surface area contributed by atoms with Crippen LogP contribution in [-0.2, 0) is 10.9 Å². The number of alkyl halides is 3. The normalized spacial score (nSPS) is 12.3. The van der Waals surface area contributed by atoms with Crippen LogP contribution < -0.4 is 14.8 Å². The van der Waals surface area contributed by atoms with Crippen molar-refractivity contribution >= 4 is 5.91 Å². The topological polar surface area (TPSA) is 74.6 Å². The molecule has 3 aromatic rings. The Hall–Kier alpha value is -3.53. The number of nitrogens with one attached hydrogen (secondary N) is 1. The minimum atomic E-state index is -4.47. The Morgan fingerprint density at radius 1 is 1.12 bits per heavy atom. The molecule has 182 valence electrons. The molecule has 0 saturated carbocycles. The SMILES string of the molecule is COCCOc1ccc(C(C)NC(=O)c2cnn(-c3cccc(C(F)(F)F)c3)c2C)cc1OC. The maximum absolute atomic E-state index is 13.1. The average molecular weight is 477 g/mol. The van der Waals surface area contributed by atoms with Crippen molar-refractivity contribution in [1.82, 2.24) is 15.1 Å². The van der Waals surface area contributed by atoms with Gasteiger partial charge in [0.05, 0.1) is 48.5 Å². The molecular weight excluding hydrogens is 451 g/mol. The van der Waals surface area contributed by atoms with E-state index in [1.807, 2.05) is 13.0 Å². The number of rotatable bonds is 9. The fourth-order valence-corrected chi connectivity index (χ4v) is 3.37. The van der Waals surface area contributed by atoms with Gasteiger partial charge in [0.25, 0.3) is 5.91 Å². The lowest BCUT2D eigenvalue weighted by Gasteiger charge is -2.17. The van der Waals surface area contributed by atoms with Gasteiger partial charge < -0.3 is 19.5 Å². The predicted octanol–water partition coefficient (Wildman–Crippen LogP) is 4.72. The van der Waals surface area contributed by atoms with E-state index in [0.29, 0.717) is 30.4 Å². The van der Waals surface area contributed by atoms with E-state index in [-0.39, 0.29) is 17.3 Å². The number of amides is 1. The molecule has 1 N–H and O–H groups in total. The Morgan fingerprint density at radius 3 is 2.56 bits per heavy atom. The van der Waals surface area contributed by atoms with Crippen molar-refractivity contribution in [2.45, 2.75) is 26.1 Å². The lowest BCUT2D eigenvalue weighted by atomic mass is 10.1. The largest absolute Gasteiger partial charge is 0.493 e. The highest BCUT2D eigenvalue weighted by molar-refractivity contribution is 5.95. The molecule has 1 amide bonds. The molecular formula is C24H26F3N3O4. The summed E-state index contributed by atoms with van der Waals surface area (Å²) in [6.45, 7) is 4.24. The van der Waals surface area contributed by atoms with Crippen molar-refractivity contribution < 1.29 is 32.2 Å². The van der Waals surface area contributed by atoms with Crippen molar-refractivity contribution in [3.8, 4) is 17.2 Å². The third-order valence-electron chi connectivity index (χ3n) is 5.25. The molecule has 1 unspecified atom stereocenters. The summed E-state index contributed by atoms with van der Waals surface area (Å²) in [5.74, 6) is 0.672. The molecule has 0 bridgehead atoms. The van der Waals surface area contributed by atoms with Gasteiger partial charge in [-0.25, -0.2) is 4.68 Å². The van der Waals surface area contributed by atoms with Gasteiger partial charge in [-0.15, -0.1) is 0 Å². The number of nitrogens with zero attached hydrogens (tertiary/aromatic N) is 2. The lowest BCUT2D eigenvalue weighted by Crippen LogP contribution is -2.27. The van der Waals surface area contributed by atoms with E-state index in [0.717, 1.165) is 17.7 Å². The molecule has 1 aromatic heterocycles. The highest BCUT2D eigenvalue weighted by atomic mass is 19.4. The average Bonchev–Trinajstić information content (AvgIpc) is 3.20. The number of ether oxygens (including phenoxy) is 3.